The number of rotatable bonds is 1. The van der Waals surface area contributed by atoms with Crippen molar-refractivity contribution >= 4 is 24.8 Å². The van der Waals surface area contributed by atoms with Gasteiger partial charge in [-0.1, -0.05) is 6.07 Å². The lowest BCUT2D eigenvalue weighted by molar-refractivity contribution is -0.114. The quantitative estimate of drug-likeness (QED) is 0.551. The van der Waals surface area contributed by atoms with Gasteiger partial charge in [0.25, 0.3) is 0 Å². The maximum atomic E-state index is 12.3. The van der Waals surface area contributed by atoms with Crippen molar-refractivity contribution in [3.05, 3.63) is 35.2 Å². The van der Waals surface area contributed by atoms with Crippen LogP contribution in [0.5, 0.6) is 0 Å². The zero-order valence-electron chi connectivity index (χ0n) is 10.0. The molecule has 4 nitrogen and oxygen atoms in total. The largest absolute Gasteiger partial charge is 0.312 e. The molecule has 0 bridgehead atoms. The number of aromatic nitrogens is 2. The molecular weight excluding hydrogens is 227 g/mol. The lowest BCUT2D eigenvalue weighted by Crippen LogP contribution is -2.29. The van der Waals surface area contributed by atoms with Crippen molar-refractivity contribution in [2.45, 2.75) is 19.8 Å². The van der Waals surface area contributed by atoms with Crippen molar-refractivity contribution in [3.63, 3.8) is 0 Å². The Hall–Kier alpha value is -1.91. The molecule has 0 aliphatic heterocycles. The second kappa shape index (κ2) is 3.80. The maximum absolute atomic E-state index is 12.3. The molecule has 0 saturated heterocycles. The Morgan fingerprint density at radius 2 is 2.28 bits per heavy atom. The molecule has 2 heterocycles. The van der Waals surface area contributed by atoms with Gasteiger partial charge < -0.3 is 4.79 Å². The van der Waals surface area contributed by atoms with E-state index in [0.717, 1.165) is 16.8 Å². The molecule has 0 amide bonds. The van der Waals surface area contributed by atoms with Gasteiger partial charge in [-0.15, -0.1) is 0 Å². The van der Waals surface area contributed by atoms with Gasteiger partial charge in [-0.05, 0) is 31.4 Å². The van der Waals surface area contributed by atoms with Crippen LogP contribution in [0.4, 0.5) is 0 Å². The van der Waals surface area contributed by atoms with E-state index >= 15 is 0 Å². The van der Waals surface area contributed by atoms with Crippen LogP contribution in [0.3, 0.4) is 0 Å². The minimum atomic E-state index is -0.702. The van der Waals surface area contributed by atoms with Gasteiger partial charge in [0.15, 0.2) is 13.6 Å². The summed E-state index contributed by atoms with van der Waals surface area (Å²) in [6.07, 6.45) is 2.96. The van der Waals surface area contributed by atoms with Gasteiger partial charge in [-0.2, -0.15) is 5.10 Å². The number of fused-ring (bicyclic) bond motifs is 3. The van der Waals surface area contributed by atoms with Crippen LogP contribution < -0.4 is 0 Å². The van der Waals surface area contributed by atoms with Crippen molar-refractivity contribution in [1.82, 2.24) is 9.61 Å². The van der Waals surface area contributed by atoms with Gasteiger partial charge in [0.2, 0.25) is 0 Å². The van der Waals surface area contributed by atoms with Crippen LogP contribution in [0.2, 0.25) is 0 Å². The van der Waals surface area contributed by atoms with E-state index in [0.29, 0.717) is 18.4 Å². The van der Waals surface area contributed by atoms with Crippen LogP contribution in [0.15, 0.2) is 18.3 Å². The van der Waals surface area contributed by atoms with E-state index < -0.39 is 11.6 Å². The summed E-state index contributed by atoms with van der Waals surface area (Å²) in [5.74, 6) is -0.894. The van der Waals surface area contributed by atoms with Crippen LogP contribution in [-0.4, -0.2) is 28.9 Å². The fourth-order valence-corrected chi connectivity index (χ4v) is 2.50. The average molecular weight is 238 g/mol. The molecule has 18 heavy (non-hydrogen) atoms. The van der Waals surface area contributed by atoms with Gasteiger partial charge in [-0.25, -0.2) is 4.52 Å². The average Bonchev–Trinajstić information content (AvgIpc) is 2.66. The molecule has 0 fully saturated rings. The van der Waals surface area contributed by atoms with Gasteiger partial charge in [0.1, 0.15) is 0 Å². The summed E-state index contributed by atoms with van der Waals surface area (Å²) in [6, 6.07) is 3.79. The number of carbonyl (C=O) groups excluding carboxylic acids is 2. The lowest BCUT2D eigenvalue weighted by atomic mass is 9.77. The highest BCUT2D eigenvalue weighted by molar-refractivity contribution is 6.60. The molecule has 1 atom stereocenters. The van der Waals surface area contributed by atoms with Crippen molar-refractivity contribution in [2.24, 2.45) is 5.92 Å². The number of hydrogen-bond donors (Lipinski definition) is 0. The van der Waals surface area contributed by atoms with Crippen LogP contribution in [-0.2, 0) is 11.2 Å². The Morgan fingerprint density at radius 3 is 3.00 bits per heavy atom. The van der Waals surface area contributed by atoms with E-state index in [-0.39, 0.29) is 5.78 Å². The zero-order chi connectivity index (χ0) is 12.9. The molecule has 88 valence electrons. The minimum Gasteiger partial charge on any atom is -0.312 e. The predicted octanol–water partition coefficient (Wildman–Crippen LogP) is 1.08. The summed E-state index contributed by atoms with van der Waals surface area (Å²) in [4.78, 5) is 23.5. The summed E-state index contributed by atoms with van der Waals surface area (Å²) in [5.41, 5.74) is 2.61. The Kier molecular flexibility index (Phi) is 2.36. The number of ketones is 1. The molecule has 2 aromatic rings. The third kappa shape index (κ3) is 1.50. The third-order valence-corrected chi connectivity index (χ3v) is 3.43. The first kappa shape index (κ1) is 11.2. The van der Waals surface area contributed by atoms with Crippen molar-refractivity contribution in [1.29, 1.82) is 0 Å². The summed E-state index contributed by atoms with van der Waals surface area (Å²) < 4.78 is 1.71. The van der Waals surface area contributed by atoms with E-state index in [1.54, 1.807) is 4.52 Å². The highest BCUT2D eigenvalue weighted by Gasteiger charge is 2.33. The molecule has 2 aromatic heterocycles. The van der Waals surface area contributed by atoms with Gasteiger partial charge >= 0.3 is 0 Å². The molecule has 0 aromatic carbocycles. The summed E-state index contributed by atoms with van der Waals surface area (Å²) in [6.45, 7) is 1.97. The molecular formula is C13H11BN2O2. The second-order valence-electron chi connectivity index (χ2n) is 4.72. The summed E-state index contributed by atoms with van der Waals surface area (Å²) in [5, 5.41) is 4.40. The van der Waals surface area contributed by atoms with Gasteiger partial charge in [-0.3, -0.25) is 4.79 Å². The maximum Gasteiger partial charge on any atom is 0.176 e. The molecule has 3 rings (SSSR count). The van der Waals surface area contributed by atoms with Crippen molar-refractivity contribution in [2.75, 3.05) is 0 Å². The highest BCUT2D eigenvalue weighted by Crippen LogP contribution is 2.28. The Labute approximate surface area is 105 Å². The number of Topliss-reactive ketones (excluding diaryl/α,β-unsaturated/α-hetero) is 1. The SMILES string of the molecule is [B]C(=O)C1CCc2nn3cc(C)ccc3c2C1=O. The van der Waals surface area contributed by atoms with E-state index in [1.807, 2.05) is 25.3 Å². The lowest BCUT2D eigenvalue weighted by Gasteiger charge is -2.17. The first-order chi connectivity index (χ1) is 8.58. The monoisotopic (exact) mass is 238 g/mol. The number of pyridine rings is 1. The third-order valence-electron chi connectivity index (χ3n) is 3.43. The molecule has 5 heteroatoms. The minimum absolute atomic E-state index is 0.192. The van der Waals surface area contributed by atoms with Gasteiger partial charge in [0, 0.05) is 6.20 Å². The number of hydrogen-bond acceptors (Lipinski definition) is 3. The smallest absolute Gasteiger partial charge is 0.176 e. The van der Waals surface area contributed by atoms with E-state index in [2.05, 4.69) is 5.10 Å². The standard InChI is InChI=1S/C13H11BN2O2/c1-7-2-5-10-11-9(15-16(10)6-7)4-3-8(12(11)17)13(14)18/h2,5-6,8H,3-4H2,1H3. The molecule has 1 aliphatic rings. The second-order valence-corrected chi connectivity index (χ2v) is 4.72. The van der Waals surface area contributed by atoms with E-state index in [1.165, 1.54) is 0 Å². The fraction of sp³-hybridized carbons (Fsp3) is 0.308. The van der Waals surface area contributed by atoms with Crippen LogP contribution in [0, 0.1) is 12.8 Å². The Morgan fingerprint density at radius 1 is 1.50 bits per heavy atom. The number of aryl methyl sites for hydroxylation is 2. The first-order valence-corrected chi connectivity index (χ1v) is 5.89. The normalized spacial score (nSPS) is 18.9. The molecule has 2 radical (unpaired) electrons. The Balaban J connectivity index is 2.22. The number of nitrogens with zero attached hydrogens (tertiary/aromatic N) is 2. The van der Waals surface area contributed by atoms with Crippen LogP contribution in [0.25, 0.3) is 5.52 Å². The molecule has 1 unspecified atom stereocenters. The molecule has 0 spiro atoms. The highest BCUT2D eigenvalue weighted by atomic mass is 16.1. The summed E-state index contributed by atoms with van der Waals surface area (Å²) >= 11 is 0. The fourth-order valence-electron chi connectivity index (χ4n) is 2.50. The number of carbonyl (C=O) groups is 2. The van der Waals surface area contributed by atoms with E-state index in [4.69, 9.17) is 7.85 Å². The zero-order valence-corrected chi connectivity index (χ0v) is 10.0. The van der Waals surface area contributed by atoms with Crippen molar-refractivity contribution < 1.29 is 9.59 Å². The molecule has 0 saturated carbocycles. The van der Waals surface area contributed by atoms with Crippen LogP contribution in [0.1, 0.15) is 28.0 Å². The molecule has 1 aliphatic carbocycles. The first-order valence-electron chi connectivity index (χ1n) is 5.89. The predicted molar refractivity (Wildman–Crippen MR) is 66.8 cm³/mol. The van der Waals surface area contributed by atoms with Crippen molar-refractivity contribution in [3.8, 4) is 0 Å². The molecule has 0 N–H and O–H groups in total. The van der Waals surface area contributed by atoms with Gasteiger partial charge in [0.05, 0.1) is 28.4 Å². The van der Waals surface area contributed by atoms with Crippen LogP contribution >= 0.6 is 0 Å². The summed E-state index contributed by atoms with van der Waals surface area (Å²) in [7, 11) is 5.26. The van der Waals surface area contributed by atoms with E-state index in [9.17, 15) is 9.59 Å². The Bertz CT molecular complexity index is 675. The topological polar surface area (TPSA) is 51.4 Å².